The Kier molecular flexibility index (Phi) is 4.06. The Balaban J connectivity index is 1.82. The molecule has 0 bridgehead atoms. The molecule has 2 atom stereocenters. The van der Waals surface area contributed by atoms with Gasteiger partial charge < -0.3 is 20.3 Å². The summed E-state index contributed by atoms with van der Waals surface area (Å²) < 4.78 is 4.67. The minimum Gasteiger partial charge on any atom is -0.453 e. The van der Waals surface area contributed by atoms with Crippen LogP contribution in [0.15, 0.2) is 0 Å². The van der Waals surface area contributed by atoms with E-state index in [-0.39, 0.29) is 24.0 Å². The Morgan fingerprint density at radius 3 is 2.22 bits per heavy atom. The molecule has 6 nitrogen and oxygen atoms in total. The molecule has 2 unspecified atom stereocenters. The first-order chi connectivity index (χ1) is 8.61. The van der Waals surface area contributed by atoms with Gasteiger partial charge in [0.25, 0.3) is 0 Å². The quantitative estimate of drug-likeness (QED) is 0.717. The van der Waals surface area contributed by atoms with E-state index >= 15 is 0 Å². The van der Waals surface area contributed by atoms with Crippen LogP contribution in [0, 0.1) is 5.92 Å². The van der Waals surface area contributed by atoms with Gasteiger partial charge in [-0.05, 0) is 19.3 Å². The van der Waals surface area contributed by atoms with E-state index in [0.717, 1.165) is 19.3 Å². The van der Waals surface area contributed by atoms with Gasteiger partial charge in [-0.1, -0.05) is 0 Å². The maximum Gasteiger partial charge on any atom is 0.409 e. The van der Waals surface area contributed by atoms with Gasteiger partial charge in [-0.15, -0.1) is 0 Å². The van der Waals surface area contributed by atoms with Crippen LogP contribution in [0.1, 0.15) is 19.3 Å². The highest BCUT2D eigenvalue weighted by Gasteiger charge is 2.33. The molecule has 1 aliphatic heterocycles. The van der Waals surface area contributed by atoms with Gasteiger partial charge in [0, 0.05) is 38.1 Å². The summed E-state index contributed by atoms with van der Waals surface area (Å²) >= 11 is 0. The normalized spacial score (nSPS) is 28.3. The Morgan fingerprint density at radius 2 is 1.72 bits per heavy atom. The molecule has 2 fully saturated rings. The molecule has 1 heterocycles. The molecule has 2 rings (SSSR count). The monoisotopic (exact) mass is 255 g/mol. The summed E-state index contributed by atoms with van der Waals surface area (Å²) in [4.78, 5) is 27.0. The van der Waals surface area contributed by atoms with Crippen molar-refractivity contribution in [2.24, 2.45) is 11.7 Å². The first kappa shape index (κ1) is 13.1. The molecule has 102 valence electrons. The molecule has 0 aromatic rings. The Labute approximate surface area is 107 Å². The number of methoxy groups -OCH3 is 1. The maximum absolute atomic E-state index is 12.2. The van der Waals surface area contributed by atoms with E-state index in [2.05, 4.69) is 4.74 Å². The van der Waals surface area contributed by atoms with Crippen LogP contribution in [0.4, 0.5) is 4.79 Å². The van der Waals surface area contributed by atoms with Crippen molar-refractivity contribution in [3.63, 3.8) is 0 Å². The molecule has 1 aliphatic carbocycles. The first-order valence-electron chi connectivity index (χ1n) is 6.49. The van der Waals surface area contributed by atoms with Gasteiger partial charge in [-0.2, -0.15) is 0 Å². The second-order valence-electron chi connectivity index (χ2n) is 5.05. The average molecular weight is 255 g/mol. The Morgan fingerprint density at radius 1 is 1.11 bits per heavy atom. The highest BCUT2D eigenvalue weighted by Crippen LogP contribution is 2.26. The molecular formula is C12H21N3O3. The van der Waals surface area contributed by atoms with E-state index in [0.29, 0.717) is 26.2 Å². The lowest BCUT2D eigenvalue weighted by molar-refractivity contribution is -0.136. The van der Waals surface area contributed by atoms with Gasteiger partial charge in [0.15, 0.2) is 0 Å². The Bertz CT molecular complexity index is 327. The molecule has 1 saturated heterocycles. The lowest BCUT2D eigenvalue weighted by atomic mass is 10.1. The predicted molar refractivity (Wildman–Crippen MR) is 65.9 cm³/mol. The first-order valence-corrected chi connectivity index (χ1v) is 6.49. The SMILES string of the molecule is COC(=O)N1CCN(C(=O)C2CCC(N)C2)CC1. The number of carbonyl (C=O) groups excluding carboxylic acids is 2. The number of hydrogen-bond donors (Lipinski definition) is 1. The fraction of sp³-hybridized carbons (Fsp3) is 0.833. The highest BCUT2D eigenvalue weighted by molar-refractivity contribution is 5.79. The molecule has 18 heavy (non-hydrogen) atoms. The van der Waals surface area contributed by atoms with Gasteiger partial charge in [0.1, 0.15) is 0 Å². The van der Waals surface area contributed by atoms with Gasteiger partial charge >= 0.3 is 6.09 Å². The topological polar surface area (TPSA) is 75.9 Å². The molecule has 6 heteroatoms. The number of piperazine rings is 1. The van der Waals surface area contributed by atoms with Crippen molar-refractivity contribution in [3.8, 4) is 0 Å². The summed E-state index contributed by atoms with van der Waals surface area (Å²) in [6.07, 6.45) is 2.33. The fourth-order valence-electron chi connectivity index (χ4n) is 2.74. The van der Waals surface area contributed by atoms with E-state index < -0.39 is 0 Å². The zero-order chi connectivity index (χ0) is 13.1. The van der Waals surface area contributed by atoms with Crippen molar-refractivity contribution < 1.29 is 14.3 Å². The van der Waals surface area contributed by atoms with Crippen LogP contribution in [0.2, 0.25) is 0 Å². The second-order valence-corrected chi connectivity index (χ2v) is 5.05. The van der Waals surface area contributed by atoms with Crippen LogP contribution in [0.3, 0.4) is 0 Å². The molecular weight excluding hydrogens is 234 g/mol. The number of carbonyl (C=O) groups is 2. The lowest BCUT2D eigenvalue weighted by Crippen LogP contribution is -2.51. The van der Waals surface area contributed by atoms with Crippen molar-refractivity contribution in [1.82, 2.24) is 9.80 Å². The molecule has 2 amide bonds. The second kappa shape index (κ2) is 5.56. The summed E-state index contributed by atoms with van der Waals surface area (Å²) in [7, 11) is 1.37. The molecule has 2 N–H and O–H groups in total. The summed E-state index contributed by atoms with van der Waals surface area (Å²) in [5.41, 5.74) is 5.83. The molecule has 2 aliphatic rings. The number of amides is 2. The van der Waals surface area contributed by atoms with Crippen molar-refractivity contribution in [2.75, 3.05) is 33.3 Å². The van der Waals surface area contributed by atoms with Gasteiger partial charge in [0.05, 0.1) is 7.11 Å². The van der Waals surface area contributed by atoms with E-state index in [9.17, 15) is 9.59 Å². The highest BCUT2D eigenvalue weighted by atomic mass is 16.5. The van der Waals surface area contributed by atoms with Gasteiger partial charge in [-0.25, -0.2) is 4.79 Å². The van der Waals surface area contributed by atoms with Crippen LogP contribution >= 0.6 is 0 Å². The van der Waals surface area contributed by atoms with Gasteiger partial charge in [-0.3, -0.25) is 4.79 Å². The summed E-state index contributed by atoms with van der Waals surface area (Å²) in [6.45, 7) is 2.30. The van der Waals surface area contributed by atoms with E-state index in [4.69, 9.17) is 5.73 Å². The number of nitrogens with two attached hydrogens (primary N) is 1. The van der Waals surface area contributed by atoms with Crippen LogP contribution in [-0.4, -0.2) is 61.1 Å². The van der Waals surface area contributed by atoms with Gasteiger partial charge in [0.2, 0.25) is 5.91 Å². The number of ether oxygens (including phenoxy) is 1. The predicted octanol–water partition coefficient (Wildman–Crippen LogP) is 0.0244. The number of hydrogen-bond acceptors (Lipinski definition) is 4. The van der Waals surface area contributed by atoms with Crippen molar-refractivity contribution in [2.45, 2.75) is 25.3 Å². The third-order valence-corrected chi connectivity index (χ3v) is 3.85. The minimum atomic E-state index is -0.315. The summed E-state index contributed by atoms with van der Waals surface area (Å²) in [6, 6.07) is 0.176. The third kappa shape index (κ3) is 2.75. The van der Waals surface area contributed by atoms with Crippen molar-refractivity contribution >= 4 is 12.0 Å². The molecule has 0 radical (unpaired) electrons. The third-order valence-electron chi connectivity index (χ3n) is 3.85. The average Bonchev–Trinajstić information content (AvgIpc) is 2.84. The standard InChI is InChI=1S/C12H21N3O3/c1-18-12(17)15-6-4-14(5-7-15)11(16)9-2-3-10(13)8-9/h9-10H,2-8,13H2,1H3. The number of nitrogens with zero attached hydrogens (tertiary/aromatic N) is 2. The van der Waals surface area contributed by atoms with Crippen LogP contribution in [0.5, 0.6) is 0 Å². The maximum atomic E-state index is 12.2. The van der Waals surface area contributed by atoms with Crippen molar-refractivity contribution in [3.05, 3.63) is 0 Å². The lowest BCUT2D eigenvalue weighted by Gasteiger charge is -2.35. The van der Waals surface area contributed by atoms with Crippen LogP contribution in [-0.2, 0) is 9.53 Å². The van der Waals surface area contributed by atoms with E-state index in [1.54, 1.807) is 4.90 Å². The smallest absolute Gasteiger partial charge is 0.409 e. The zero-order valence-electron chi connectivity index (χ0n) is 10.8. The minimum absolute atomic E-state index is 0.0877. The molecule has 0 aromatic carbocycles. The largest absolute Gasteiger partial charge is 0.453 e. The van der Waals surface area contributed by atoms with Crippen molar-refractivity contribution in [1.29, 1.82) is 0 Å². The van der Waals surface area contributed by atoms with Crippen LogP contribution < -0.4 is 5.73 Å². The summed E-state index contributed by atoms with van der Waals surface area (Å²) in [5, 5.41) is 0. The molecule has 0 aromatic heterocycles. The fourth-order valence-corrected chi connectivity index (χ4v) is 2.74. The molecule has 0 spiro atoms. The van der Waals surface area contributed by atoms with E-state index in [1.807, 2.05) is 4.90 Å². The molecule has 1 saturated carbocycles. The zero-order valence-corrected chi connectivity index (χ0v) is 10.8. The van der Waals surface area contributed by atoms with E-state index in [1.165, 1.54) is 7.11 Å². The van der Waals surface area contributed by atoms with Crippen LogP contribution in [0.25, 0.3) is 0 Å². The summed E-state index contributed by atoms with van der Waals surface area (Å²) in [5.74, 6) is 0.289. The Hall–Kier alpha value is -1.30. The number of rotatable bonds is 1.